The second kappa shape index (κ2) is 10.1. The number of hydrogen-bond acceptors (Lipinski definition) is 4. The first kappa shape index (κ1) is 23.2. The predicted molar refractivity (Wildman–Crippen MR) is 116 cm³/mol. The fraction of sp³-hybridized carbons (Fsp3) is 0.652. The van der Waals surface area contributed by atoms with Crippen molar-refractivity contribution in [3.63, 3.8) is 0 Å². The summed E-state index contributed by atoms with van der Waals surface area (Å²) in [5.41, 5.74) is 0.427. The van der Waals surface area contributed by atoms with Crippen LogP contribution in [-0.4, -0.2) is 79.1 Å². The molecule has 1 aliphatic rings. The molecule has 1 aromatic carbocycles. The summed E-state index contributed by atoms with van der Waals surface area (Å²) in [6.45, 7) is 7.96. The van der Waals surface area contributed by atoms with Gasteiger partial charge >= 0.3 is 6.09 Å². The van der Waals surface area contributed by atoms with Gasteiger partial charge in [0.25, 0.3) is 0 Å². The molecule has 6 nitrogen and oxygen atoms in total. The van der Waals surface area contributed by atoms with E-state index in [1.165, 1.54) is 4.90 Å². The van der Waals surface area contributed by atoms with E-state index in [4.69, 9.17) is 4.74 Å². The Kier molecular flexibility index (Phi) is 8.08. The highest BCUT2D eigenvalue weighted by Gasteiger charge is 2.35. The van der Waals surface area contributed by atoms with Crippen LogP contribution < -0.4 is 0 Å². The molecule has 0 radical (unpaired) electrons. The number of carbonyl (C=O) groups excluding carboxylic acids is 2. The molecule has 0 spiro atoms. The van der Waals surface area contributed by atoms with Crippen LogP contribution in [0.15, 0.2) is 30.3 Å². The van der Waals surface area contributed by atoms with Crippen LogP contribution in [0.5, 0.6) is 0 Å². The molecular weight excluding hydrogens is 366 g/mol. The van der Waals surface area contributed by atoms with Gasteiger partial charge in [0, 0.05) is 33.1 Å². The zero-order chi connectivity index (χ0) is 21.6. The van der Waals surface area contributed by atoms with Gasteiger partial charge in [0.1, 0.15) is 11.6 Å². The van der Waals surface area contributed by atoms with Gasteiger partial charge in [-0.15, -0.1) is 0 Å². The number of nitrogens with zero attached hydrogens (tertiary/aromatic N) is 3. The monoisotopic (exact) mass is 403 g/mol. The van der Waals surface area contributed by atoms with Crippen LogP contribution in [0.1, 0.15) is 39.2 Å². The van der Waals surface area contributed by atoms with Gasteiger partial charge in [-0.3, -0.25) is 9.69 Å². The molecule has 0 saturated carbocycles. The first-order valence-corrected chi connectivity index (χ1v) is 10.5. The van der Waals surface area contributed by atoms with Gasteiger partial charge < -0.3 is 14.5 Å². The topological polar surface area (TPSA) is 53.1 Å². The Morgan fingerprint density at radius 2 is 1.83 bits per heavy atom. The van der Waals surface area contributed by atoms with Crippen LogP contribution in [0.4, 0.5) is 4.79 Å². The van der Waals surface area contributed by atoms with E-state index in [1.807, 2.05) is 56.0 Å². The third-order valence-electron chi connectivity index (χ3n) is 5.16. The summed E-state index contributed by atoms with van der Waals surface area (Å²) in [5.74, 6) is 0.470. The summed E-state index contributed by atoms with van der Waals surface area (Å²) in [5, 5.41) is 0. The highest BCUT2D eigenvalue weighted by atomic mass is 16.6. The Morgan fingerprint density at radius 1 is 1.17 bits per heavy atom. The number of hydrogen-bond donors (Lipinski definition) is 0. The van der Waals surface area contributed by atoms with Gasteiger partial charge in [0.05, 0.1) is 0 Å². The Balaban J connectivity index is 2.19. The molecule has 2 amide bonds. The molecule has 162 valence electrons. The van der Waals surface area contributed by atoms with Crippen molar-refractivity contribution >= 4 is 12.0 Å². The molecule has 0 bridgehead atoms. The number of piperidine rings is 1. The van der Waals surface area contributed by atoms with Crippen LogP contribution in [-0.2, 0) is 16.0 Å². The normalized spacial score (nSPS) is 18.4. The van der Waals surface area contributed by atoms with Crippen LogP contribution in [0.3, 0.4) is 0 Å². The molecule has 0 N–H and O–H groups in total. The van der Waals surface area contributed by atoms with Crippen molar-refractivity contribution in [2.45, 2.75) is 51.7 Å². The Bertz CT molecular complexity index is 670. The van der Waals surface area contributed by atoms with Crippen molar-refractivity contribution in [1.82, 2.24) is 14.7 Å². The van der Waals surface area contributed by atoms with Gasteiger partial charge in [-0.1, -0.05) is 30.3 Å². The zero-order valence-electron chi connectivity index (χ0n) is 18.9. The summed E-state index contributed by atoms with van der Waals surface area (Å²) in [6, 6.07) is 9.28. The average Bonchev–Trinajstić information content (AvgIpc) is 2.64. The van der Waals surface area contributed by atoms with Gasteiger partial charge in [-0.2, -0.15) is 0 Å². The molecule has 1 aliphatic heterocycles. The number of rotatable bonds is 6. The predicted octanol–water partition coefficient (Wildman–Crippen LogP) is 3.26. The molecule has 1 heterocycles. The smallest absolute Gasteiger partial charge is 0.410 e. The minimum absolute atomic E-state index is 0.00525. The van der Waals surface area contributed by atoms with Crippen LogP contribution in [0.2, 0.25) is 0 Å². The molecule has 29 heavy (non-hydrogen) atoms. The molecule has 0 aromatic heterocycles. The average molecular weight is 404 g/mol. The largest absolute Gasteiger partial charge is 0.444 e. The van der Waals surface area contributed by atoms with E-state index < -0.39 is 17.7 Å². The van der Waals surface area contributed by atoms with E-state index in [1.54, 1.807) is 7.05 Å². The minimum atomic E-state index is -0.604. The number of amides is 2. The molecule has 2 atom stereocenters. The second-order valence-corrected chi connectivity index (χ2v) is 9.35. The first-order valence-electron chi connectivity index (χ1n) is 10.5. The summed E-state index contributed by atoms with van der Waals surface area (Å²) < 4.78 is 5.54. The SMILES string of the molecule is CN(C)CC1CCCN(C(=O)C(Cc2ccccc2)N(C)C(=O)OC(C)(C)C)C1. The molecule has 0 aliphatic carbocycles. The third-order valence-corrected chi connectivity index (χ3v) is 5.16. The lowest BCUT2D eigenvalue weighted by Crippen LogP contribution is -2.54. The Hall–Kier alpha value is -2.08. The molecule has 6 heteroatoms. The second-order valence-electron chi connectivity index (χ2n) is 9.35. The maximum absolute atomic E-state index is 13.5. The molecule has 1 fully saturated rings. The number of benzene rings is 1. The lowest BCUT2D eigenvalue weighted by molar-refractivity contribution is -0.138. The van der Waals surface area contributed by atoms with Gasteiger partial charge in [0.15, 0.2) is 0 Å². The number of likely N-dealkylation sites (N-methyl/N-ethyl adjacent to an activating group) is 1. The fourth-order valence-corrected chi connectivity index (χ4v) is 3.83. The molecule has 1 aromatic rings. The Morgan fingerprint density at radius 3 is 2.41 bits per heavy atom. The van der Waals surface area contributed by atoms with Crippen molar-refractivity contribution in [2.24, 2.45) is 5.92 Å². The number of carbonyl (C=O) groups is 2. The lowest BCUT2D eigenvalue weighted by Gasteiger charge is -2.38. The van der Waals surface area contributed by atoms with E-state index in [9.17, 15) is 9.59 Å². The standard InChI is InChI=1S/C23H37N3O3/c1-23(2,3)29-22(28)25(6)20(15-18-11-8-7-9-12-18)21(27)26-14-10-13-19(17-26)16-24(4)5/h7-9,11-12,19-20H,10,13-17H2,1-6H3. The van der Waals surface area contributed by atoms with Gasteiger partial charge in [0.2, 0.25) is 5.91 Å². The summed E-state index contributed by atoms with van der Waals surface area (Å²) in [4.78, 5) is 31.8. The molecule has 2 rings (SSSR count). The number of likely N-dealkylation sites (tertiary alicyclic amines) is 1. The van der Waals surface area contributed by atoms with Crippen molar-refractivity contribution in [1.29, 1.82) is 0 Å². The maximum Gasteiger partial charge on any atom is 0.410 e. The maximum atomic E-state index is 13.5. The minimum Gasteiger partial charge on any atom is -0.444 e. The van der Waals surface area contributed by atoms with E-state index in [2.05, 4.69) is 19.0 Å². The van der Waals surface area contributed by atoms with Crippen molar-refractivity contribution in [3.05, 3.63) is 35.9 Å². The van der Waals surface area contributed by atoms with Crippen LogP contribution >= 0.6 is 0 Å². The van der Waals surface area contributed by atoms with E-state index in [0.29, 0.717) is 12.3 Å². The van der Waals surface area contributed by atoms with Gasteiger partial charge in [-0.05, 0) is 59.2 Å². The highest BCUT2D eigenvalue weighted by molar-refractivity contribution is 5.86. The molecule has 1 saturated heterocycles. The number of ether oxygens (including phenoxy) is 1. The lowest BCUT2D eigenvalue weighted by atomic mass is 9.96. The fourth-order valence-electron chi connectivity index (χ4n) is 3.83. The summed E-state index contributed by atoms with van der Waals surface area (Å²) in [7, 11) is 5.80. The van der Waals surface area contributed by atoms with E-state index in [-0.39, 0.29) is 5.91 Å². The van der Waals surface area contributed by atoms with Crippen LogP contribution in [0.25, 0.3) is 0 Å². The molecule has 2 unspecified atom stereocenters. The Labute approximate surface area is 175 Å². The zero-order valence-corrected chi connectivity index (χ0v) is 18.9. The third kappa shape index (κ3) is 7.35. The first-order chi connectivity index (χ1) is 13.6. The highest BCUT2D eigenvalue weighted by Crippen LogP contribution is 2.21. The van der Waals surface area contributed by atoms with Crippen molar-refractivity contribution < 1.29 is 14.3 Å². The van der Waals surface area contributed by atoms with E-state index in [0.717, 1.165) is 38.0 Å². The van der Waals surface area contributed by atoms with Gasteiger partial charge in [-0.25, -0.2) is 4.79 Å². The van der Waals surface area contributed by atoms with E-state index >= 15 is 0 Å². The summed E-state index contributed by atoms with van der Waals surface area (Å²) >= 11 is 0. The quantitative estimate of drug-likeness (QED) is 0.732. The molecular formula is C23H37N3O3. The summed E-state index contributed by atoms with van der Waals surface area (Å²) in [6.07, 6.45) is 2.14. The van der Waals surface area contributed by atoms with Crippen LogP contribution in [0, 0.1) is 5.92 Å². The van der Waals surface area contributed by atoms with Crippen molar-refractivity contribution in [3.8, 4) is 0 Å². The van der Waals surface area contributed by atoms with Crippen molar-refractivity contribution in [2.75, 3.05) is 40.8 Å².